The smallest absolute Gasteiger partial charge is 0.295 e. The van der Waals surface area contributed by atoms with Gasteiger partial charge < -0.3 is 9.15 Å². The Hall–Kier alpha value is -3.45. The van der Waals surface area contributed by atoms with Crippen LogP contribution in [0.4, 0.5) is 10.1 Å². The Kier molecular flexibility index (Phi) is 5.50. The summed E-state index contributed by atoms with van der Waals surface area (Å²) in [7, 11) is 0. The Morgan fingerprint density at radius 3 is 2.45 bits per heavy atom. The van der Waals surface area contributed by atoms with Crippen LogP contribution in [0, 0.1) is 5.82 Å². The van der Waals surface area contributed by atoms with Gasteiger partial charge in [0, 0.05) is 10.2 Å². The van der Waals surface area contributed by atoms with Crippen molar-refractivity contribution < 1.29 is 18.3 Å². The van der Waals surface area contributed by atoms with Gasteiger partial charge in [0.15, 0.2) is 5.43 Å². The Bertz CT molecular complexity index is 1410. The number of anilines is 1. The van der Waals surface area contributed by atoms with Gasteiger partial charge in [-0.25, -0.2) is 4.39 Å². The fourth-order valence-electron chi connectivity index (χ4n) is 4.09. The molecule has 1 atom stereocenters. The Morgan fingerprint density at radius 2 is 1.76 bits per heavy atom. The molecule has 0 bridgehead atoms. The summed E-state index contributed by atoms with van der Waals surface area (Å²) in [4.78, 5) is 28.6. The second-order valence-corrected chi connectivity index (χ2v) is 8.70. The third-order valence-electron chi connectivity index (χ3n) is 5.61. The summed E-state index contributed by atoms with van der Waals surface area (Å²) in [6.07, 6.45) is 0.883. The monoisotopic (exact) mass is 507 g/mol. The van der Waals surface area contributed by atoms with Crippen LogP contribution in [0.3, 0.4) is 0 Å². The van der Waals surface area contributed by atoms with E-state index in [4.69, 9.17) is 9.15 Å². The molecule has 3 aromatic carbocycles. The number of fused-ring (bicyclic) bond motifs is 2. The lowest BCUT2D eigenvalue weighted by Gasteiger charge is -2.25. The normalized spacial score (nSPS) is 15.2. The van der Waals surface area contributed by atoms with Crippen molar-refractivity contribution >= 4 is 38.5 Å². The van der Waals surface area contributed by atoms with Gasteiger partial charge in [-0.05, 0) is 66.6 Å². The van der Waals surface area contributed by atoms with E-state index in [1.807, 2.05) is 43.3 Å². The van der Waals surface area contributed by atoms with Gasteiger partial charge >= 0.3 is 0 Å². The topological polar surface area (TPSA) is 59.8 Å². The van der Waals surface area contributed by atoms with Crippen LogP contribution in [0.25, 0.3) is 11.0 Å². The summed E-state index contributed by atoms with van der Waals surface area (Å²) >= 11 is 3.41. The van der Waals surface area contributed by atoms with Crippen LogP contribution in [0.2, 0.25) is 0 Å². The number of benzene rings is 3. The summed E-state index contributed by atoms with van der Waals surface area (Å²) in [6, 6.07) is 17.5. The minimum Gasteiger partial charge on any atom is -0.494 e. The summed E-state index contributed by atoms with van der Waals surface area (Å²) in [6.45, 7) is 2.62. The highest BCUT2D eigenvalue weighted by Gasteiger charge is 2.43. The summed E-state index contributed by atoms with van der Waals surface area (Å²) in [5.74, 6) is -0.295. The van der Waals surface area contributed by atoms with Crippen molar-refractivity contribution in [3.8, 4) is 5.75 Å². The molecule has 33 heavy (non-hydrogen) atoms. The van der Waals surface area contributed by atoms with Gasteiger partial charge in [0.2, 0.25) is 5.76 Å². The van der Waals surface area contributed by atoms with E-state index in [0.717, 1.165) is 22.5 Å². The maximum Gasteiger partial charge on any atom is 0.295 e. The first kappa shape index (κ1) is 21.4. The minimum atomic E-state index is -0.724. The first-order chi connectivity index (χ1) is 16.0. The molecule has 0 aliphatic carbocycles. The molecule has 1 aliphatic rings. The van der Waals surface area contributed by atoms with Crippen LogP contribution in [0.5, 0.6) is 5.75 Å². The van der Waals surface area contributed by atoms with Crippen LogP contribution in [0.15, 0.2) is 80.4 Å². The lowest BCUT2D eigenvalue weighted by molar-refractivity contribution is 0.0971. The molecular weight excluding hydrogens is 489 g/mol. The molecule has 0 N–H and O–H groups in total. The van der Waals surface area contributed by atoms with Crippen molar-refractivity contribution in [2.45, 2.75) is 19.4 Å². The third kappa shape index (κ3) is 3.72. The van der Waals surface area contributed by atoms with Gasteiger partial charge in [-0.15, -0.1) is 0 Å². The predicted molar refractivity (Wildman–Crippen MR) is 127 cm³/mol. The number of nitrogens with zero attached hydrogens (tertiary/aromatic N) is 1. The molecule has 0 fully saturated rings. The second kappa shape index (κ2) is 8.48. The van der Waals surface area contributed by atoms with Gasteiger partial charge in [-0.3, -0.25) is 14.5 Å². The molecule has 1 aromatic heterocycles. The minimum absolute atomic E-state index is 0.0293. The third-order valence-corrected chi connectivity index (χ3v) is 6.13. The number of hydrogen-bond acceptors (Lipinski definition) is 4. The second-order valence-electron chi connectivity index (χ2n) is 7.79. The number of rotatable bonds is 5. The highest BCUT2D eigenvalue weighted by Crippen LogP contribution is 2.41. The number of ether oxygens (including phenoxy) is 1. The Morgan fingerprint density at radius 1 is 1.03 bits per heavy atom. The van der Waals surface area contributed by atoms with Crippen molar-refractivity contribution in [2.24, 2.45) is 0 Å². The zero-order valence-corrected chi connectivity index (χ0v) is 19.3. The number of hydrogen-bond donors (Lipinski definition) is 0. The molecule has 166 valence electrons. The first-order valence-electron chi connectivity index (χ1n) is 10.6. The van der Waals surface area contributed by atoms with Crippen molar-refractivity contribution in [3.63, 3.8) is 0 Å². The number of carbonyl (C=O) groups excluding carboxylic acids is 1. The molecule has 5 rings (SSSR count). The van der Waals surface area contributed by atoms with Crippen LogP contribution < -0.4 is 15.1 Å². The van der Waals surface area contributed by atoms with E-state index < -0.39 is 23.2 Å². The van der Waals surface area contributed by atoms with E-state index in [1.54, 1.807) is 17.0 Å². The molecule has 1 amide bonds. The largest absolute Gasteiger partial charge is 0.494 e. The van der Waals surface area contributed by atoms with Crippen LogP contribution in [-0.4, -0.2) is 12.5 Å². The molecular formula is C26H19BrFNO4. The fraction of sp³-hybridized carbons (Fsp3) is 0.154. The Balaban J connectivity index is 1.72. The molecule has 0 spiro atoms. The quantitative estimate of drug-likeness (QED) is 0.321. The SMILES string of the molecule is CCCOc1ccc(C2c3c(oc4ccc(F)cc4c3=O)C(=O)N2c2ccc(Br)cc2)cc1. The molecule has 1 aliphatic heterocycles. The molecule has 1 unspecified atom stereocenters. The van der Waals surface area contributed by atoms with E-state index in [1.165, 1.54) is 12.1 Å². The molecule has 0 radical (unpaired) electrons. The molecule has 0 saturated heterocycles. The maximum absolute atomic E-state index is 13.9. The molecule has 0 saturated carbocycles. The van der Waals surface area contributed by atoms with E-state index >= 15 is 0 Å². The Labute approximate surface area is 197 Å². The van der Waals surface area contributed by atoms with Crippen LogP contribution >= 0.6 is 15.9 Å². The highest BCUT2D eigenvalue weighted by atomic mass is 79.9. The van der Waals surface area contributed by atoms with Crippen molar-refractivity contribution in [1.29, 1.82) is 0 Å². The van der Waals surface area contributed by atoms with Crippen molar-refractivity contribution in [2.75, 3.05) is 11.5 Å². The summed E-state index contributed by atoms with van der Waals surface area (Å²) in [5.41, 5.74) is 1.28. The maximum atomic E-state index is 13.9. The summed E-state index contributed by atoms with van der Waals surface area (Å²) in [5, 5.41) is 0.104. The van der Waals surface area contributed by atoms with Crippen LogP contribution in [-0.2, 0) is 0 Å². The van der Waals surface area contributed by atoms with Gasteiger partial charge in [0.05, 0.1) is 23.6 Å². The van der Waals surface area contributed by atoms with E-state index in [-0.39, 0.29) is 22.3 Å². The van der Waals surface area contributed by atoms with Gasteiger partial charge in [0.1, 0.15) is 17.1 Å². The lowest BCUT2D eigenvalue weighted by Crippen LogP contribution is -2.29. The van der Waals surface area contributed by atoms with Gasteiger partial charge in [0.25, 0.3) is 5.91 Å². The van der Waals surface area contributed by atoms with E-state index in [9.17, 15) is 14.0 Å². The van der Waals surface area contributed by atoms with Crippen LogP contribution in [0.1, 0.15) is 41.1 Å². The molecule has 5 nitrogen and oxygen atoms in total. The van der Waals surface area contributed by atoms with E-state index in [2.05, 4.69) is 15.9 Å². The zero-order chi connectivity index (χ0) is 23.1. The molecule has 7 heteroatoms. The lowest BCUT2D eigenvalue weighted by atomic mass is 9.98. The molecule has 2 heterocycles. The van der Waals surface area contributed by atoms with Crippen molar-refractivity contribution in [1.82, 2.24) is 0 Å². The van der Waals surface area contributed by atoms with Crippen molar-refractivity contribution in [3.05, 3.63) is 104 Å². The van der Waals surface area contributed by atoms with E-state index in [0.29, 0.717) is 18.0 Å². The standard InChI is InChI=1S/C26H19BrFNO4/c1-2-13-32-19-10-3-15(4-11-19)23-22-24(30)20-14-17(28)7-12-21(20)33-25(22)26(31)29(23)18-8-5-16(27)6-9-18/h3-12,14,23H,2,13H2,1H3. The first-order valence-corrected chi connectivity index (χ1v) is 11.4. The zero-order valence-electron chi connectivity index (χ0n) is 17.7. The number of halogens is 2. The highest BCUT2D eigenvalue weighted by molar-refractivity contribution is 9.10. The predicted octanol–water partition coefficient (Wildman–Crippen LogP) is 6.23. The summed E-state index contributed by atoms with van der Waals surface area (Å²) < 4.78 is 26.3. The number of carbonyl (C=O) groups is 1. The number of amides is 1. The fourth-order valence-corrected chi connectivity index (χ4v) is 4.36. The van der Waals surface area contributed by atoms with Gasteiger partial charge in [-0.2, -0.15) is 0 Å². The molecule has 4 aromatic rings. The average molecular weight is 508 g/mol. The van der Waals surface area contributed by atoms with Gasteiger partial charge in [-0.1, -0.05) is 35.0 Å². The average Bonchev–Trinajstić information content (AvgIpc) is 3.11.